The molecular formula is C25H28O2. The van der Waals surface area contributed by atoms with Gasteiger partial charge in [0.15, 0.2) is 0 Å². The molecule has 0 amide bonds. The van der Waals surface area contributed by atoms with Gasteiger partial charge >= 0.3 is 5.97 Å². The van der Waals surface area contributed by atoms with E-state index in [1.807, 2.05) is 36.4 Å². The Hall–Kier alpha value is -2.61. The second-order valence-electron chi connectivity index (χ2n) is 7.19. The standard InChI is InChI=1S/C25H28O2/c1-3-4-10-19-27-24(26)25(18-9-8-11-20(25)2)23-16-14-22(15-17-23)21-12-6-5-7-13-21/h5-9,11-18,20H,3-4,10,19H2,1-2H3/t20-,25?/m0/s1. The van der Waals surface area contributed by atoms with Gasteiger partial charge in [-0.2, -0.15) is 0 Å². The summed E-state index contributed by atoms with van der Waals surface area (Å²) >= 11 is 0. The Bertz CT molecular complexity index is 802. The van der Waals surface area contributed by atoms with E-state index in [1.54, 1.807) is 0 Å². The lowest BCUT2D eigenvalue weighted by Crippen LogP contribution is -2.42. The zero-order valence-corrected chi connectivity index (χ0v) is 16.2. The molecule has 0 spiro atoms. The number of allylic oxidation sites excluding steroid dienone is 3. The summed E-state index contributed by atoms with van der Waals surface area (Å²) in [5.41, 5.74) is 2.55. The molecule has 0 saturated carbocycles. The zero-order chi connectivity index (χ0) is 19.1. The number of hydrogen-bond acceptors (Lipinski definition) is 2. The number of unbranched alkanes of at least 4 members (excludes halogenated alkanes) is 2. The minimum atomic E-state index is -0.754. The molecule has 140 valence electrons. The highest BCUT2D eigenvalue weighted by Gasteiger charge is 2.44. The molecule has 0 heterocycles. The largest absolute Gasteiger partial charge is 0.465 e. The SMILES string of the molecule is CCCCCOC(=O)C1(c2ccc(-c3ccccc3)cc2)C=CC=C[C@@H]1C. The van der Waals surface area contributed by atoms with E-state index in [0.717, 1.165) is 30.4 Å². The summed E-state index contributed by atoms with van der Waals surface area (Å²) in [6.45, 7) is 4.72. The molecule has 2 aromatic carbocycles. The molecule has 0 fully saturated rings. The predicted molar refractivity (Wildman–Crippen MR) is 111 cm³/mol. The van der Waals surface area contributed by atoms with Gasteiger partial charge in [0.25, 0.3) is 0 Å². The lowest BCUT2D eigenvalue weighted by molar-refractivity contribution is -0.150. The van der Waals surface area contributed by atoms with Crippen molar-refractivity contribution in [2.24, 2.45) is 5.92 Å². The lowest BCUT2D eigenvalue weighted by Gasteiger charge is -2.35. The fourth-order valence-electron chi connectivity index (χ4n) is 3.68. The van der Waals surface area contributed by atoms with Gasteiger partial charge in [-0.1, -0.05) is 106 Å². The smallest absolute Gasteiger partial charge is 0.321 e. The quantitative estimate of drug-likeness (QED) is 0.441. The van der Waals surface area contributed by atoms with E-state index in [0.29, 0.717) is 6.61 Å². The molecule has 0 bridgehead atoms. The van der Waals surface area contributed by atoms with Gasteiger partial charge in [-0.05, 0) is 29.0 Å². The molecule has 2 aromatic rings. The molecule has 3 rings (SSSR count). The maximum absolute atomic E-state index is 13.1. The molecule has 0 radical (unpaired) electrons. The van der Waals surface area contributed by atoms with Gasteiger partial charge in [0, 0.05) is 0 Å². The topological polar surface area (TPSA) is 26.3 Å². The Morgan fingerprint density at radius 2 is 1.67 bits per heavy atom. The Balaban J connectivity index is 1.88. The van der Waals surface area contributed by atoms with Gasteiger partial charge in [0.05, 0.1) is 6.61 Å². The van der Waals surface area contributed by atoms with Crippen LogP contribution in [0.2, 0.25) is 0 Å². The average Bonchev–Trinajstić information content (AvgIpc) is 2.72. The van der Waals surface area contributed by atoms with Crippen molar-refractivity contribution in [1.82, 2.24) is 0 Å². The molecule has 27 heavy (non-hydrogen) atoms. The number of hydrogen-bond donors (Lipinski definition) is 0. The van der Waals surface area contributed by atoms with Crippen LogP contribution in [-0.4, -0.2) is 12.6 Å². The molecule has 2 atom stereocenters. The summed E-state index contributed by atoms with van der Waals surface area (Å²) in [5.74, 6) is -0.108. The van der Waals surface area contributed by atoms with Crippen molar-refractivity contribution < 1.29 is 9.53 Å². The second kappa shape index (κ2) is 8.85. The van der Waals surface area contributed by atoms with Crippen LogP contribution in [-0.2, 0) is 14.9 Å². The summed E-state index contributed by atoms with van der Waals surface area (Å²) < 4.78 is 5.70. The normalized spacial score (nSPS) is 21.2. The van der Waals surface area contributed by atoms with Crippen LogP contribution in [0.1, 0.15) is 38.7 Å². The first-order valence-corrected chi connectivity index (χ1v) is 9.87. The monoisotopic (exact) mass is 360 g/mol. The van der Waals surface area contributed by atoms with Crippen LogP contribution in [0.15, 0.2) is 78.9 Å². The molecular weight excluding hydrogens is 332 g/mol. The van der Waals surface area contributed by atoms with Crippen LogP contribution in [0, 0.1) is 5.92 Å². The molecule has 0 aliphatic heterocycles. The van der Waals surface area contributed by atoms with E-state index in [2.05, 4.69) is 56.3 Å². The minimum absolute atomic E-state index is 0.0451. The van der Waals surface area contributed by atoms with Crippen LogP contribution in [0.25, 0.3) is 11.1 Å². The Morgan fingerprint density at radius 1 is 0.963 bits per heavy atom. The number of benzene rings is 2. The van der Waals surface area contributed by atoms with Gasteiger partial charge in [0.1, 0.15) is 5.41 Å². The highest BCUT2D eigenvalue weighted by molar-refractivity contribution is 5.87. The van der Waals surface area contributed by atoms with Crippen molar-refractivity contribution in [2.45, 2.75) is 38.5 Å². The van der Waals surface area contributed by atoms with Crippen LogP contribution in [0.4, 0.5) is 0 Å². The minimum Gasteiger partial charge on any atom is -0.465 e. The summed E-state index contributed by atoms with van der Waals surface area (Å²) in [4.78, 5) is 13.1. The number of ether oxygens (including phenoxy) is 1. The first-order chi connectivity index (χ1) is 13.2. The van der Waals surface area contributed by atoms with Crippen LogP contribution in [0.3, 0.4) is 0 Å². The van der Waals surface area contributed by atoms with Gasteiger partial charge in [-0.15, -0.1) is 0 Å². The lowest BCUT2D eigenvalue weighted by atomic mass is 9.68. The average molecular weight is 360 g/mol. The Labute approximate surface area is 162 Å². The van der Waals surface area contributed by atoms with E-state index < -0.39 is 5.41 Å². The first-order valence-electron chi connectivity index (χ1n) is 9.87. The summed E-state index contributed by atoms with van der Waals surface area (Å²) in [6.07, 6.45) is 11.2. The Kier molecular flexibility index (Phi) is 6.28. The van der Waals surface area contributed by atoms with Crippen LogP contribution < -0.4 is 0 Å². The van der Waals surface area contributed by atoms with E-state index in [4.69, 9.17) is 4.74 Å². The first kappa shape index (κ1) is 19.2. The number of esters is 1. The molecule has 0 N–H and O–H groups in total. The third-order valence-electron chi connectivity index (χ3n) is 5.38. The predicted octanol–water partition coefficient (Wildman–Crippen LogP) is 6.09. The zero-order valence-electron chi connectivity index (χ0n) is 16.2. The van der Waals surface area contributed by atoms with Gasteiger partial charge < -0.3 is 4.74 Å². The summed E-state index contributed by atoms with van der Waals surface area (Å²) in [5, 5.41) is 0. The van der Waals surface area contributed by atoms with Crippen LogP contribution in [0.5, 0.6) is 0 Å². The Morgan fingerprint density at radius 3 is 2.33 bits per heavy atom. The molecule has 0 saturated heterocycles. The van der Waals surface area contributed by atoms with Gasteiger partial charge in [-0.25, -0.2) is 0 Å². The van der Waals surface area contributed by atoms with Gasteiger partial charge in [-0.3, -0.25) is 4.79 Å². The number of rotatable bonds is 7. The maximum Gasteiger partial charge on any atom is 0.321 e. The van der Waals surface area contributed by atoms with E-state index in [1.165, 1.54) is 5.56 Å². The fourth-order valence-corrected chi connectivity index (χ4v) is 3.68. The number of carbonyl (C=O) groups is 1. The van der Waals surface area contributed by atoms with Crippen molar-refractivity contribution in [3.8, 4) is 11.1 Å². The van der Waals surface area contributed by atoms with E-state index in [9.17, 15) is 4.79 Å². The number of carbonyl (C=O) groups excluding carboxylic acids is 1. The second-order valence-corrected chi connectivity index (χ2v) is 7.19. The van der Waals surface area contributed by atoms with Crippen molar-refractivity contribution in [3.63, 3.8) is 0 Å². The van der Waals surface area contributed by atoms with E-state index in [-0.39, 0.29) is 11.9 Å². The molecule has 2 nitrogen and oxygen atoms in total. The van der Waals surface area contributed by atoms with Crippen molar-refractivity contribution in [1.29, 1.82) is 0 Å². The maximum atomic E-state index is 13.1. The van der Waals surface area contributed by atoms with Crippen molar-refractivity contribution >= 4 is 5.97 Å². The summed E-state index contributed by atoms with van der Waals surface area (Å²) in [6, 6.07) is 18.6. The van der Waals surface area contributed by atoms with Gasteiger partial charge in [0.2, 0.25) is 0 Å². The molecule has 2 heteroatoms. The summed E-state index contributed by atoms with van der Waals surface area (Å²) in [7, 11) is 0. The third-order valence-corrected chi connectivity index (χ3v) is 5.38. The fraction of sp³-hybridized carbons (Fsp3) is 0.320. The third kappa shape index (κ3) is 4.05. The molecule has 1 aliphatic rings. The van der Waals surface area contributed by atoms with Crippen molar-refractivity contribution in [2.75, 3.05) is 6.61 Å². The highest BCUT2D eigenvalue weighted by Crippen LogP contribution is 2.39. The molecule has 1 aliphatic carbocycles. The highest BCUT2D eigenvalue weighted by atomic mass is 16.5. The van der Waals surface area contributed by atoms with Crippen LogP contribution >= 0.6 is 0 Å². The van der Waals surface area contributed by atoms with Crippen molar-refractivity contribution in [3.05, 3.63) is 84.5 Å². The molecule has 1 unspecified atom stereocenters. The molecule has 0 aromatic heterocycles. The van der Waals surface area contributed by atoms with E-state index >= 15 is 0 Å².